The highest BCUT2D eigenvalue weighted by atomic mass is 32.1. The third kappa shape index (κ3) is 12.2. The van der Waals surface area contributed by atoms with Crippen molar-refractivity contribution in [3.63, 3.8) is 0 Å². The van der Waals surface area contributed by atoms with E-state index >= 15 is 0 Å². The van der Waals surface area contributed by atoms with E-state index in [4.69, 9.17) is 4.74 Å². The molecule has 0 bridgehead atoms. The molecule has 0 atom stereocenters. The zero-order valence-electron chi connectivity index (χ0n) is 23.1. The minimum absolute atomic E-state index is 0.116. The van der Waals surface area contributed by atoms with Crippen LogP contribution in [0.2, 0.25) is 0 Å². The molecule has 0 fully saturated rings. The van der Waals surface area contributed by atoms with Gasteiger partial charge in [0.25, 0.3) is 0 Å². The Morgan fingerprint density at radius 1 is 0.837 bits per heavy atom. The Balaban J connectivity index is 0.000000255. The molecule has 43 heavy (non-hydrogen) atoms. The number of Topliss-reactive ketones (excluding diaryl/α,β-unsaturated/α-hetero) is 1. The molecule has 0 spiro atoms. The van der Waals surface area contributed by atoms with E-state index in [0.29, 0.717) is 17.3 Å². The summed E-state index contributed by atoms with van der Waals surface area (Å²) in [4.78, 5) is 41.3. The number of hydrogen-bond acceptors (Lipinski definition) is 10. The number of hydrogen-bond donors (Lipinski definition) is 1. The van der Waals surface area contributed by atoms with E-state index < -0.39 is 37.5 Å². The lowest BCUT2D eigenvalue weighted by Gasteiger charge is -2.03. The number of alkyl halides is 6. The molecule has 0 aliphatic heterocycles. The Kier molecular flexibility index (Phi) is 13.3. The summed E-state index contributed by atoms with van der Waals surface area (Å²) in [6.07, 6.45) is -3.47. The largest absolute Gasteiger partial charge is 0.461 e. The molecular weight excluding hydrogens is 620 g/mol. The minimum atomic E-state index is -4.33. The summed E-state index contributed by atoms with van der Waals surface area (Å²) >= 11 is 2.44. The zero-order chi connectivity index (χ0) is 32.2. The van der Waals surface area contributed by atoms with Crippen molar-refractivity contribution in [3.05, 3.63) is 70.5 Å². The lowest BCUT2D eigenvalue weighted by Crippen LogP contribution is -2.21. The van der Waals surface area contributed by atoms with Gasteiger partial charge in [-0.25, -0.2) is 14.8 Å². The summed E-state index contributed by atoms with van der Waals surface area (Å²) in [5.41, 5.74) is 7.40. The molecule has 0 saturated carbocycles. The quantitative estimate of drug-likeness (QED) is 0.127. The molecule has 4 rings (SSSR count). The van der Waals surface area contributed by atoms with Gasteiger partial charge in [-0.3, -0.25) is 14.8 Å². The number of thiazole rings is 2. The van der Waals surface area contributed by atoms with Gasteiger partial charge in [-0.15, -0.1) is 22.7 Å². The van der Waals surface area contributed by atoms with Gasteiger partial charge in [-0.2, -0.15) is 26.3 Å². The molecule has 0 radical (unpaired) electrons. The average molecular weight is 648 g/mol. The normalized spacial score (nSPS) is 11.1. The second-order valence-electron chi connectivity index (χ2n) is 8.43. The van der Waals surface area contributed by atoms with Crippen LogP contribution in [0.25, 0.3) is 20.9 Å². The number of rotatable bonds is 7. The Labute approximate surface area is 251 Å². The van der Waals surface area contributed by atoms with Gasteiger partial charge in [-0.05, 0) is 32.9 Å². The fourth-order valence-electron chi connectivity index (χ4n) is 3.08. The molecular formula is C27H27F6N5O3S2. The van der Waals surface area contributed by atoms with Crippen LogP contribution in [-0.2, 0) is 4.74 Å². The number of ketones is 1. The number of nitrogens with zero attached hydrogens (tertiary/aromatic N) is 4. The number of carbonyl (C=O) groups is 2. The standard InChI is InChI=1S/C13H11F3N2OS.C12H12N2O2S.C2H4F3N/c1-8-11(9-3-2-6-17-7-9)20-12(18-8)10(19)4-5-13(14,15)16;1-3-16-12(15)11-14-8(2)10(17-11)9-5-4-6-13-7-9;3-2(4,5)1-6/h2-3,6-7H,4-5H2,1H3;4-7H,3H2,1-2H3;1,6H2. The third-order valence-corrected chi connectivity index (χ3v) is 7.43. The maximum absolute atomic E-state index is 12.1. The van der Waals surface area contributed by atoms with Crippen molar-refractivity contribution in [2.24, 2.45) is 5.73 Å². The van der Waals surface area contributed by atoms with E-state index in [1.54, 1.807) is 44.7 Å². The van der Waals surface area contributed by atoms with Crippen LogP contribution in [0.15, 0.2) is 49.1 Å². The SMILES string of the molecule is CCOC(=O)c1nc(C)c(-c2cccnc2)s1.Cc1nc(C(=O)CCC(F)(F)F)sc1-c1cccnc1.NCC(F)(F)F. The summed E-state index contributed by atoms with van der Waals surface area (Å²) in [7, 11) is 0. The molecule has 0 unspecified atom stereocenters. The number of pyridine rings is 2. The lowest BCUT2D eigenvalue weighted by molar-refractivity contribution is -0.133. The molecule has 0 aliphatic rings. The van der Waals surface area contributed by atoms with Crippen LogP contribution in [0.3, 0.4) is 0 Å². The van der Waals surface area contributed by atoms with Gasteiger partial charge < -0.3 is 10.5 Å². The summed E-state index contributed by atoms with van der Waals surface area (Å²) in [6, 6.07) is 7.37. The number of aromatic nitrogens is 4. The van der Waals surface area contributed by atoms with E-state index in [9.17, 15) is 35.9 Å². The predicted molar refractivity (Wildman–Crippen MR) is 151 cm³/mol. The first kappa shape index (κ1) is 35.4. The van der Waals surface area contributed by atoms with E-state index in [1.807, 2.05) is 25.1 Å². The highest BCUT2D eigenvalue weighted by Crippen LogP contribution is 2.31. The zero-order valence-corrected chi connectivity index (χ0v) is 24.8. The summed E-state index contributed by atoms with van der Waals surface area (Å²) < 4.78 is 73.2. The number of halogens is 6. The van der Waals surface area contributed by atoms with E-state index in [2.05, 4.69) is 25.7 Å². The molecule has 4 aromatic rings. The van der Waals surface area contributed by atoms with Crippen molar-refractivity contribution in [1.82, 2.24) is 19.9 Å². The maximum atomic E-state index is 12.1. The van der Waals surface area contributed by atoms with Gasteiger partial charge in [0.15, 0.2) is 10.8 Å². The maximum Gasteiger partial charge on any atom is 0.400 e. The summed E-state index contributed by atoms with van der Waals surface area (Å²) in [6.45, 7) is 4.51. The second-order valence-corrected chi connectivity index (χ2v) is 10.4. The van der Waals surface area contributed by atoms with Crippen LogP contribution in [0, 0.1) is 13.8 Å². The molecule has 0 saturated heterocycles. The number of esters is 1. The lowest BCUT2D eigenvalue weighted by atomic mass is 10.2. The van der Waals surface area contributed by atoms with Crippen molar-refractivity contribution in [1.29, 1.82) is 0 Å². The van der Waals surface area contributed by atoms with Crippen molar-refractivity contribution in [3.8, 4) is 20.9 Å². The van der Waals surface area contributed by atoms with Gasteiger partial charge in [-0.1, -0.05) is 12.1 Å². The first-order valence-electron chi connectivity index (χ1n) is 12.4. The van der Waals surface area contributed by atoms with Crippen molar-refractivity contribution in [2.45, 2.75) is 46.0 Å². The van der Waals surface area contributed by atoms with Crippen LogP contribution in [0.4, 0.5) is 26.3 Å². The van der Waals surface area contributed by atoms with Gasteiger partial charge in [0.2, 0.25) is 5.01 Å². The van der Waals surface area contributed by atoms with Crippen LogP contribution in [0.1, 0.15) is 50.8 Å². The fraction of sp³-hybridized carbons (Fsp3) is 0.333. The summed E-state index contributed by atoms with van der Waals surface area (Å²) in [5.74, 6) is -0.943. The van der Waals surface area contributed by atoms with Crippen LogP contribution >= 0.6 is 22.7 Å². The van der Waals surface area contributed by atoms with E-state index in [-0.39, 0.29) is 11.0 Å². The molecule has 8 nitrogen and oxygen atoms in total. The van der Waals surface area contributed by atoms with E-state index in [0.717, 1.165) is 37.9 Å². The third-order valence-electron chi connectivity index (χ3n) is 5.00. The molecule has 4 aromatic heterocycles. The molecule has 0 aromatic carbocycles. The van der Waals surface area contributed by atoms with E-state index in [1.165, 1.54) is 11.3 Å². The smallest absolute Gasteiger partial charge is 0.400 e. The monoisotopic (exact) mass is 647 g/mol. The van der Waals surface area contributed by atoms with Gasteiger partial charge in [0.1, 0.15) is 0 Å². The first-order valence-corrected chi connectivity index (χ1v) is 14.1. The number of ether oxygens (including phenoxy) is 1. The fourth-order valence-corrected chi connectivity index (χ4v) is 5.06. The molecule has 0 aliphatic carbocycles. The molecule has 16 heteroatoms. The van der Waals surface area contributed by atoms with Crippen LogP contribution < -0.4 is 5.73 Å². The molecule has 0 amide bonds. The topological polar surface area (TPSA) is 121 Å². The van der Waals surface area contributed by atoms with Crippen molar-refractivity contribution < 1.29 is 40.7 Å². The average Bonchev–Trinajstić information content (AvgIpc) is 3.55. The van der Waals surface area contributed by atoms with Gasteiger partial charge >= 0.3 is 18.3 Å². The Morgan fingerprint density at radius 3 is 1.70 bits per heavy atom. The highest BCUT2D eigenvalue weighted by molar-refractivity contribution is 7.17. The molecule has 4 heterocycles. The number of carbonyl (C=O) groups excluding carboxylic acids is 2. The second kappa shape index (κ2) is 16.2. The van der Waals surface area contributed by atoms with Crippen LogP contribution in [0.5, 0.6) is 0 Å². The van der Waals surface area contributed by atoms with Crippen molar-refractivity contribution in [2.75, 3.05) is 13.2 Å². The number of aryl methyl sites for hydroxylation is 2. The summed E-state index contributed by atoms with van der Waals surface area (Å²) in [5, 5.41) is 0.508. The van der Waals surface area contributed by atoms with Gasteiger partial charge in [0.05, 0.1) is 40.7 Å². The number of nitrogens with two attached hydrogens (primary N) is 1. The highest BCUT2D eigenvalue weighted by Gasteiger charge is 2.29. The molecule has 2 N–H and O–H groups in total. The van der Waals surface area contributed by atoms with Crippen molar-refractivity contribution >= 4 is 34.4 Å². The Bertz CT molecular complexity index is 1460. The predicted octanol–water partition coefficient (Wildman–Crippen LogP) is 7.24. The van der Waals surface area contributed by atoms with Gasteiger partial charge in [0, 0.05) is 42.3 Å². The minimum Gasteiger partial charge on any atom is -0.461 e. The Hall–Kier alpha value is -3.76. The first-order chi connectivity index (χ1) is 20.1. The molecule has 232 valence electrons. The van der Waals surface area contributed by atoms with Crippen LogP contribution in [-0.4, -0.2) is 57.2 Å². The Morgan fingerprint density at radius 2 is 1.30 bits per heavy atom.